The third-order valence-electron chi connectivity index (χ3n) is 2.53. The molecule has 4 atom stereocenters. The zero-order valence-corrected chi connectivity index (χ0v) is 7.28. The Morgan fingerprint density at radius 1 is 1.36 bits per heavy atom. The van der Waals surface area contributed by atoms with Crippen LogP contribution < -0.4 is 0 Å². The van der Waals surface area contributed by atoms with Crippen molar-refractivity contribution in [3.8, 4) is 0 Å². The molecular formula is C8H16O3. The molecule has 0 aromatic heterocycles. The second kappa shape index (κ2) is 3.52. The van der Waals surface area contributed by atoms with E-state index in [0.717, 1.165) is 0 Å². The van der Waals surface area contributed by atoms with Crippen molar-refractivity contribution in [2.24, 2.45) is 11.8 Å². The molecule has 0 amide bonds. The molecule has 66 valence electrons. The van der Waals surface area contributed by atoms with Crippen LogP contribution in [0, 0.1) is 11.8 Å². The molecule has 11 heavy (non-hydrogen) atoms. The van der Waals surface area contributed by atoms with Gasteiger partial charge in [-0.25, -0.2) is 0 Å². The normalized spacial score (nSPS) is 45.8. The van der Waals surface area contributed by atoms with E-state index in [1.165, 1.54) is 0 Å². The Hall–Kier alpha value is -0.120. The molecule has 0 aromatic carbocycles. The lowest BCUT2D eigenvalue weighted by Gasteiger charge is -2.36. The standard InChI is InChI=1S/C8H16O3/c1-5-6(2)8(10-3)11-4-7(5)9/h5-9H,4H2,1-3H3/t5?,6-,7?,8?/m0/s1. The van der Waals surface area contributed by atoms with Crippen molar-refractivity contribution in [3.63, 3.8) is 0 Å². The Kier molecular flexibility index (Phi) is 2.87. The van der Waals surface area contributed by atoms with Gasteiger partial charge in [-0.3, -0.25) is 0 Å². The van der Waals surface area contributed by atoms with Crippen molar-refractivity contribution in [1.29, 1.82) is 0 Å². The minimum Gasteiger partial charge on any atom is -0.390 e. The smallest absolute Gasteiger partial charge is 0.160 e. The van der Waals surface area contributed by atoms with Gasteiger partial charge in [0.05, 0.1) is 12.7 Å². The van der Waals surface area contributed by atoms with Gasteiger partial charge >= 0.3 is 0 Å². The molecule has 3 unspecified atom stereocenters. The van der Waals surface area contributed by atoms with Gasteiger partial charge in [-0.15, -0.1) is 0 Å². The number of methoxy groups -OCH3 is 1. The summed E-state index contributed by atoms with van der Waals surface area (Å²) >= 11 is 0. The van der Waals surface area contributed by atoms with Crippen molar-refractivity contribution < 1.29 is 14.6 Å². The Labute approximate surface area is 67.3 Å². The van der Waals surface area contributed by atoms with E-state index in [1.807, 2.05) is 13.8 Å². The molecule has 3 heteroatoms. The molecule has 1 heterocycles. The second-order valence-electron chi connectivity index (χ2n) is 3.22. The van der Waals surface area contributed by atoms with E-state index >= 15 is 0 Å². The summed E-state index contributed by atoms with van der Waals surface area (Å²) in [5.41, 5.74) is 0. The van der Waals surface area contributed by atoms with Gasteiger partial charge in [0.15, 0.2) is 6.29 Å². The maximum Gasteiger partial charge on any atom is 0.160 e. The quantitative estimate of drug-likeness (QED) is 0.611. The van der Waals surface area contributed by atoms with Gasteiger partial charge in [-0.2, -0.15) is 0 Å². The summed E-state index contributed by atoms with van der Waals surface area (Å²) < 4.78 is 10.3. The second-order valence-corrected chi connectivity index (χ2v) is 3.22. The Morgan fingerprint density at radius 3 is 2.55 bits per heavy atom. The van der Waals surface area contributed by atoms with E-state index in [4.69, 9.17) is 9.47 Å². The molecule has 3 nitrogen and oxygen atoms in total. The number of hydrogen-bond acceptors (Lipinski definition) is 3. The predicted octanol–water partition coefficient (Wildman–Crippen LogP) is 0.622. The molecule has 0 saturated carbocycles. The Morgan fingerprint density at radius 2 is 2.00 bits per heavy atom. The van der Waals surface area contributed by atoms with E-state index in [-0.39, 0.29) is 24.2 Å². The fourth-order valence-electron chi connectivity index (χ4n) is 1.38. The van der Waals surface area contributed by atoms with E-state index in [0.29, 0.717) is 6.61 Å². The van der Waals surface area contributed by atoms with Crippen LogP contribution in [0.5, 0.6) is 0 Å². The summed E-state index contributed by atoms with van der Waals surface area (Å²) in [6.07, 6.45) is -0.482. The summed E-state index contributed by atoms with van der Waals surface area (Å²) in [7, 11) is 1.63. The summed E-state index contributed by atoms with van der Waals surface area (Å²) in [6, 6.07) is 0. The largest absolute Gasteiger partial charge is 0.390 e. The van der Waals surface area contributed by atoms with Gasteiger partial charge in [0.25, 0.3) is 0 Å². The molecule has 1 aliphatic rings. The van der Waals surface area contributed by atoms with E-state index in [2.05, 4.69) is 0 Å². The van der Waals surface area contributed by atoms with Gasteiger partial charge in [0.1, 0.15) is 0 Å². The lowest BCUT2D eigenvalue weighted by atomic mass is 9.88. The monoisotopic (exact) mass is 160 g/mol. The predicted molar refractivity (Wildman–Crippen MR) is 41.1 cm³/mol. The third kappa shape index (κ3) is 1.72. The molecule has 0 radical (unpaired) electrons. The molecule has 0 spiro atoms. The minimum absolute atomic E-state index is 0.145. The molecule has 1 aliphatic heterocycles. The average Bonchev–Trinajstić information content (AvgIpc) is 2.01. The highest BCUT2D eigenvalue weighted by Crippen LogP contribution is 2.26. The fourth-order valence-corrected chi connectivity index (χ4v) is 1.38. The maximum absolute atomic E-state index is 9.38. The SMILES string of the molecule is COC1OCC(O)C(C)[C@@H]1C. The molecule has 0 aliphatic carbocycles. The summed E-state index contributed by atoms with van der Waals surface area (Å²) in [6.45, 7) is 4.44. The lowest BCUT2D eigenvalue weighted by molar-refractivity contribution is -0.218. The summed E-state index contributed by atoms with van der Waals surface area (Å²) in [5, 5.41) is 9.38. The lowest BCUT2D eigenvalue weighted by Crippen LogP contribution is -2.43. The topological polar surface area (TPSA) is 38.7 Å². The number of ether oxygens (including phenoxy) is 2. The van der Waals surface area contributed by atoms with Crippen LogP contribution in [0.4, 0.5) is 0 Å². The molecular weight excluding hydrogens is 144 g/mol. The first-order chi connectivity index (χ1) is 5.16. The van der Waals surface area contributed by atoms with Crippen molar-refractivity contribution in [2.75, 3.05) is 13.7 Å². The van der Waals surface area contributed by atoms with Gasteiger partial charge in [-0.1, -0.05) is 13.8 Å². The zero-order valence-electron chi connectivity index (χ0n) is 7.28. The van der Waals surface area contributed by atoms with Crippen molar-refractivity contribution in [1.82, 2.24) is 0 Å². The highest BCUT2D eigenvalue weighted by Gasteiger charge is 2.33. The molecule has 1 fully saturated rings. The molecule has 1 saturated heterocycles. The highest BCUT2D eigenvalue weighted by atomic mass is 16.7. The van der Waals surface area contributed by atoms with Crippen LogP contribution >= 0.6 is 0 Å². The minimum atomic E-state index is -0.337. The van der Waals surface area contributed by atoms with E-state index in [1.54, 1.807) is 7.11 Å². The molecule has 1 rings (SSSR count). The van der Waals surface area contributed by atoms with Gasteiger partial charge in [0.2, 0.25) is 0 Å². The van der Waals surface area contributed by atoms with Crippen LogP contribution in [-0.2, 0) is 9.47 Å². The van der Waals surface area contributed by atoms with Crippen LogP contribution in [0.2, 0.25) is 0 Å². The first-order valence-corrected chi connectivity index (χ1v) is 3.99. The maximum atomic E-state index is 9.38. The molecule has 1 N–H and O–H groups in total. The van der Waals surface area contributed by atoms with Crippen LogP contribution in [0.25, 0.3) is 0 Å². The van der Waals surface area contributed by atoms with Crippen molar-refractivity contribution in [2.45, 2.75) is 26.2 Å². The molecule has 0 aromatic rings. The number of hydrogen-bond donors (Lipinski definition) is 1. The van der Waals surface area contributed by atoms with Crippen LogP contribution in [0.15, 0.2) is 0 Å². The Balaban J connectivity index is 2.52. The third-order valence-corrected chi connectivity index (χ3v) is 2.53. The van der Waals surface area contributed by atoms with Gasteiger partial charge in [-0.05, 0) is 5.92 Å². The van der Waals surface area contributed by atoms with Gasteiger partial charge in [0, 0.05) is 13.0 Å². The summed E-state index contributed by atoms with van der Waals surface area (Å²) in [5.74, 6) is 0.525. The highest BCUT2D eigenvalue weighted by molar-refractivity contribution is 4.76. The van der Waals surface area contributed by atoms with Crippen molar-refractivity contribution in [3.05, 3.63) is 0 Å². The zero-order chi connectivity index (χ0) is 8.43. The fraction of sp³-hybridized carbons (Fsp3) is 1.00. The van der Waals surface area contributed by atoms with E-state index in [9.17, 15) is 5.11 Å². The number of rotatable bonds is 1. The van der Waals surface area contributed by atoms with E-state index < -0.39 is 0 Å². The van der Waals surface area contributed by atoms with Crippen LogP contribution in [-0.4, -0.2) is 31.2 Å². The van der Waals surface area contributed by atoms with Gasteiger partial charge < -0.3 is 14.6 Å². The average molecular weight is 160 g/mol. The summed E-state index contributed by atoms with van der Waals surface area (Å²) in [4.78, 5) is 0. The van der Waals surface area contributed by atoms with Crippen LogP contribution in [0.3, 0.4) is 0 Å². The molecule has 0 bridgehead atoms. The Bertz CT molecular complexity index is 125. The number of aliphatic hydroxyl groups excluding tert-OH is 1. The first kappa shape index (κ1) is 8.97. The number of aliphatic hydroxyl groups is 1. The van der Waals surface area contributed by atoms with Crippen LogP contribution in [0.1, 0.15) is 13.8 Å². The van der Waals surface area contributed by atoms with Crippen molar-refractivity contribution >= 4 is 0 Å². The first-order valence-electron chi connectivity index (χ1n) is 3.99.